The Balaban J connectivity index is 2.33. The second kappa shape index (κ2) is 3.67. The van der Waals surface area contributed by atoms with Gasteiger partial charge in [0, 0.05) is 0 Å². The molecule has 0 radical (unpaired) electrons. The highest BCUT2D eigenvalue weighted by Crippen LogP contribution is 2.40. The molecule has 3 nitrogen and oxygen atoms in total. The minimum Gasteiger partial charge on any atom is -0.478 e. The van der Waals surface area contributed by atoms with Gasteiger partial charge >= 0.3 is 5.97 Å². The molecule has 0 spiro atoms. The van der Waals surface area contributed by atoms with Gasteiger partial charge in [-0.05, 0) is 48.6 Å². The average Bonchev–Trinajstić information content (AvgIpc) is 2.81. The predicted octanol–water partition coefficient (Wildman–Crippen LogP) is 2.58. The molecule has 0 amide bonds. The zero-order valence-corrected chi connectivity index (χ0v) is 10.9. The first-order chi connectivity index (χ1) is 8.93. The number of ketones is 1. The van der Waals surface area contributed by atoms with Crippen molar-refractivity contribution in [2.24, 2.45) is 0 Å². The Morgan fingerprint density at radius 3 is 2.74 bits per heavy atom. The molecule has 0 bridgehead atoms. The number of benzene rings is 1. The van der Waals surface area contributed by atoms with Gasteiger partial charge in [0.2, 0.25) is 0 Å². The minimum atomic E-state index is -1.15. The molecule has 2 aliphatic rings. The van der Waals surface area contributed by atoms with E-state index in [9.17, 15) is 14.7 Å². The van der Waals surface area contributed by atoms with E-state index < -0.39 is 11.4 Å². The third-order valence-corrected chi connectivity index (χ3v) is 4.02. The molecule has 1 N–H and O–H groups in total. The number of carboxylic acids is 1. The number of carbonyl (C=O) groups excluding carboxylic acids is 1. The van der Waals surface area contributed by atoms with E-state index >= 15 is 0 Å². The number of hydrogen-bond donors (Lipinski definition) is 1. The lowest BCUT2D eigenvalue weighted by molar-refractivity contribution is -0.135. The maximum atomic E-state index is 12.3. The molecule has 3 heteroatoms. The van der Waals surface area contributed by atoms with E-state index in [-0.39, 0.29) is 11.4 Å². The van der Waals surface area contributed by atoms with Crippen molar-refractivity contribution >= 4 is 23.9 Å². The lowest BCUT2D eigenvalue weighted by Crippen LogP contribution is -2.36. The summed E-state index contributed by atoms with van der Waals surface area (Å²) in [5, 5.41) is 9.21. The largest absolute Gasteiger partial charge is 0.478 e. The van der Waals surface area contributed by atoms with E-state index in [1.54, 1.807) is 13.8 Å². The summed E-state index contributed by atoms with van der Waals surface area (Å²) >= 11 is 0. The standard InChI is InChI=1S/C16H14O3/c1-16(2)13-7-6-9-4-3-5-10(9)11(13)8-12(14(16)17)15(18)19/h3-4,6-8H,5H2,1-2H3,(H,18,19). The Kier molecular flexibility index (Phi) is 2.30. The molecule has 0 unspecified atom stereocenters. The van der Waals surface area contributed by atoms with Crippen molar-refractivity contribution in [1.29, 1.82) is 0 Å². The van der Waals surface area contributed by atoms with Crippen LogP contribution >= 0.6 is 0 Å². The van der Waals surface area contributed by atoms with Gasteiger partial charge < -0.3 is 5.11 Å². The smallest absolute Gasteiger partial charge is 0.339 e. The van der Waals surface area contributed by atoms with Crippen molar-refractivity contribution in [2.75, 3.05) is 0 Å². The monoisotopic (exact) mass is 254 g/mol. The molecule has 2 aliphatic carbocycles. The number of allylic oxidation sites excluding steroid dienone is 1. The molecule has 0 aliphatic heterocycles. The molecule has 0 fully saturated rings. The van der Waals surface area contributed by atoms with Crippen LogP contribution in [0.25, 0.3) is 12.2 Å². The maximum absolute atomic E-state index is 12.3. The van der Waals surface area contributed by atoms with Crippen LogP contribution in [0.2, 0.25) is 0 Å². The van der Waals surface area contributed by atoms with Gasteiger partial charge in [0.15, 0.2) is 5.78 Å². The zero-order chi connectivity index (χ0) is 13.8. The SMILES string of the molecule is CC1(C)C(=O)C(C(=O)O)=Cc2c1ccc1c2CC=C1. The zero-order valence-electron chi connectivity index (χ0n) is 10.9. The number of Topliss-reactive ketones (excluding diaryl/α,β-unsaturated/α-hetero) is 1. The number of hydrogen-bond acceptors (Lipinski definition) is 2. The van der Waals surface area contributed by atoms with Crippen LogP contribution in [0.1, 0.15) is 36.1 Å². The van der Waals surface area contributed by atoms with E-state index in [0.29, 0.717) is 0 Å². The summed E-state index contributed by atoms with van der Waals surface area (Å²) in [5.41, 5.74) is 3.17. The van der Waals surface area contributed by atoms with Gasteiger partial charge in [0.1, 0.15) is 5.57 Å². The van der Waals surface area contributed by atoms with Gasteiger partial charge in [-0.1, -0.05) is 24.3 Å². The lowest BCUT2D eigenvalue weighted by Gasteiger charge is -2.31. The van der Waals surface area contributed by atoms with Gasteiger partial charge in [0.05, 0.1) is 5.41 Å². The van der Waals surface area contributed by atoms with Crippen molar-refractivity contribution in [3.05, 3.63) is 46.0 Å². The molecule has 1 aromatic carbocycles. The fourth-order valence-corrected chi connectivity index (χ4v) is 2.91. The Hall–Kier alpha value is -2.16. The van der Waals surface area contributed by atoms with Crippen LogP contribution in [0.5, 0.6) is 0 Å². The van der Waals surface area contributed by atoms with Crippen molar-refractivity contribution < 1.29 is 14.7 Å². The quantitative estimate of drug-likeness (QED) is 0.784. The fourth-order valence-electron chi connectivity index (χ4n) is 2.91. The fraction of sp³-hybridized carbons (Fsp3) is 0.250. The number of fused-ring (bicyclic) bond motifs is 3. The number of aliphatic carboxylic acids is 1. The predicted molar refractivity (Wildman–Crippen MR) is 72.8 cm³/mol. The van der Waals surface area contributed by atoms with Crippen LogP contribution in [0.4, 0.5) is 0 Å². The van der Waals surface area contributed by atoms with Crippen LogP contribution in [0.15, 0.2) is 23.8 Å². The molecule has 0 aromatic heterocycles. The summed E-state index contributed by atoms with van der Waals surface area (Å²) in [6.45, 7) is 3.58. The summed E-state index contributed by atoms with van der Waals surface area (Å²) < 4.78 is 0. The highest BCUT2D eigenvalue weighted by atomic mass is 16.4. The second-order valence-electron chi connectivity index (χ2n) is 5.52. The first kappa shape index (κ1) is 11.9. The molecule has 1 aromatic rings. The van der Waals surface area contributed by atoms with Crippen LogP contribution in [-0.4, -0.2) is 16.9 Å². The Morgan fingerprint density at radius 2 is 2.05 bits per heavy atom. The van der Waals surface area contributed by atoms with Gasteiger partial charge in [0.25, 0.3) is 0 Å². The van der Waals surface area contributed by atoms with Gasteiger partial charge in [-0.25, -0.2) is 4.79 Å². The third-order valence-electron chi connectivity index (χ3n) is 4.02. The molecule has 0 heterocycles. The molecule has 0 saturated heterocycles. The van der Waals surface area contributed by atoms with Crippen molar-refractivity contribution in [2.45, 2.75) is 25.7 Å². The summed E-state index contributed by atoms with van der Waals surface area (Å²) in [6, 6.07) is 3.95. The summed E-state index contributed by atoms with van der Waals surface area (Å²) in [7, 11) is 0. The van der Waals surface area contributed by atoms with Crippen molar-refractivity contribution in [3.63, 3.8) is 0 Å². The summed E-state index contributed by atoms with van der Waals surface area (Å²) in [4.78, 5) is 23.5. The highest BCUT2D eigenvalue weighted by molar-refractivity contribution is 6.25. The van der Waals surface area contributed by atoms with E-state index in [0.717, 1.165) is 28.7 Å². The minimum absolute atomic E-state index is 0.113. The van der Waals surface area contributed by atoms with Crippen molar-refractivity contribution in [1.82, 2.24) is 0 Å². The van der Waals surface area contributed by atoms with Crippen LogP contribution in [0.3, 0.4) is 0 Å². The first-order valence-electron chi connectivity index (χ1n) is 6.25. The van der Waals surface area contributed by atoms with Gasteiger partial charge in [-0.2, -0.15) is 0 Å². The number of carboxylic acid groups (broad SMARTS) is 1. The Labute approximate surface area is 111 Å². The molecular weight excluding hydrogens is 240 g/mol. The molecule has 0 atom stereocenters. The first-order valence-corrected chi connectivity index (χ1v) is 6.25. The van der Waals surface area contributed by atoms with E-state index in [4.69, 9.17) is 0 Å². The third kappa shape index (κ3) is 1.51. The maximum Gasteiger partial charge on any atom is 0.339 e. The Bertz CT molecular complexity index is 675. The summed E-state index contributed by atoms with van der Waals surface area (Å²) in [6.07, 6.45) is 6.43. The van der Waals surface area contributed by atoms with Gasteiger partial charge in [-0.15, -0.1) is 0 Å². The Morgan fingerprint density at radius 1 is 1.32 bits per heavy atom. The van der Waals surface area contributed by atoms with E-state index in [1.165, 1.54) is 6.08 Å². The van der Waals surface area contributed by atoms with Gasteiger partial charge in [-0.3, -0.25) is 4.79 Å². The molecular formula is C16H14O3. The van der Waals surface area contributed by atoms with Crippen molar-refractivity contribution in [3.8, 4) is 0 Å². The molecule has 0 saturated carbocycles. The number of rotatable bonds is 1. The van der Waals surface area contributed by atoms with Crippen LogP contribution in [-0.2, 0) is 21.4 Å². The van der Waals surface area contributed by atoms with Crippen LogP contribution < -0.4 is 0 Å². The van der Waals surface area contributed by atoms with E-state index in [2.05, 4.69) is 6.08 Å². The normalized spacial score (nSPS) is 18.8. The summed E-state index contributed by atoms with van der Waals surface area (Å²) in [5.74, 6) is -1.47. The average molecular weight is 254 g/mol. The molecule has 96 valence electrons. The lowest BCUT2D eigenvalue weighted by atomic mass is 9.70. The van der Waals surface area contributed by atoms with Crippen LogP contribution in [0, 0.1) is 0 Å². The molecule has 3 rings (SSSR count). The topological polar surface area (TPSA) is 54.4 Å². The second-order valence-corrected chi connectivity index (χ2v) is 5.52. The van der Waals surface area contributed by atoms with E-state index in [1.807, 2.05) is 18.2 Å². The highest BCUT2D eigenvalue weighted by Gasteiger charge is 2.40. The molecule has 19 heavy (non-hydrogen) atoms. The number of carbonyl (C=O) groups is 2.